The van der Waals surface area contributed by atoms with E-state index in [1.807, 2.05) is 66.7 Å². The number of anilines is 3. The van der Waals surface area contributed by atoms with Crippen LogP contribution in [0.25, 0.3) is 21.3 Å². The van der Waals surface area contributed by atoms with Gasteiger partial charge in [-0.3, -0.25) is 9.59 Å². The molecular formula is C29H23BrN4O3S. The second kappa shape index (κ2) is 10.6. The second-order valence-corrected chi connectivity index (χ2v) is 10.4. The van der Waals surface area contributed by atoms with E-state index in [9.17, 15) is 9.59 Å². The summed E-state index contributed by atoms with van der Waals surface area (Å²) < 4.78 is 6.23. The molecule has 5 aromatic rings. The molecule has 3 aromatic carbocycles. The Balaban J connectivity index is 1.67. The molecule has 2 heterocycles. The Morgan fingerprint density at radius 2 is 1.53 bits per heavy atom. The minimum atomic E-state index is -0.346. The summed E-state index contributed by atoms with van der Waals surface area (Å²) in [6.07, 6.45) is 0. The number of aryl methyl sites for hydroxylation is 1. The second-order valence-electron chi connectivity index (χ2n) is 8.48. The molecule has 0 aliphatic rings. The van der Waals surface area contributed by atoms with Crippen LogP contribution in [0.4, 0.5) is 17.1 Å². The van der Waals surface area contributed by atoms with Crippen LogP contribution >= 0.6 is 27.3 Å². The Labute approximate surface area is 231 Å². The number of nitrogens with zero attached hydrogens (tertiary/aromatic N) is 1. The molecule has 5 rings (SSSR count). The Hall–Kier alpha value is -4.21. The summed E-state index contributed by atoms with van der Waals surface area (Å²) in [6.45, 7) is 1.78. The summed E-state index contributed by atoms with van der Waals surface area (Å²) in [7, 11) is 1.59. The van der Waals surface area contributed by atoms with Crippen molar-refractivity contribution < 1.29 is 14.3 Å². The number of carbonyl (C=O) groups excluding carboxylic acids is 2. The van der Waals surface area contributed by atoms with E-state index in [0.29, 0.717) is 49.0 Å². The van der Waals surface area contributed by atoms with Crippen LogP contribution in [0, 0.1) is 6.92 Å². The van der Waals surface area contributed by atoms with Gasteiger partial charge < -0.3 is 21.1 Å². The largest absolute Gasteiger partial charge is 0.497 e. The van der Waals surface area contributed by atoms with Crippen molar-refractivity contribution in [1.29, 1.82) is 0 Å². The summed E-state index contributed by atoms with van der Waals surface area (Å²) in [5, 5.41) is 6.41. The fourth-order valence-corrected chi connectivity index (χ4v) is 5.50. The molecule has 0 fully saturated rings. The van der Waals surface area contributed by atoms with E-state index in [2.05, 4.69) is 26.6 Å². The molecule has 0 bridgehead atoms. The number of amides is 2. The van der Waals surface area contributed by atoms with Crippen molar-refractivity contribution in [1.82, 2.24) is 4.98 Å². The molecule has 0 unspecified atom stereocenters. The molecule has 0 radical (unpaired) electrons. The highest BCUT2D eigenvalue weighted by Gasteiger charge is 2.27. The molecule has 9 heteroatoms. The van der Waals surface area contributed by atoms with Crippen LogP contribution < -0.4 is 21.1 Å². The summed E-state index contributed by atoms with van der Waals surface area (Å²) in [5.41, 5.74) is 10.5. The van der Waals surface area contributed by atoms with Gasteiger partial charge in [-0.25, -0.2) is 4.98 Å². The van der Waals surface area contributed by atoms with Crippen molar-refractivity contribution in [3.63, 3.8) is 0 Å². The molecular weight excluding hydrogens is 564 g/mol. The highest BCUT2D eigenvalue weighted by molar-refractivity contribution is 9.10. The maximum absolute atomic E-state index is 13.6. The van der Waals surface area contributed by atoms with Gasteiger partial charge in [-0.2, -0.15) is 0 Å². The quantitative estimate of drug-likeness (QED) is 0.196. The number of rotatable bonds is 6. The van der Waals surface area contributed by atoms with Gasteiger partial charge in [0, 0.05) is 26.8 Å². The fourth-order valence-electron chi connectivity index (χ4n) is 4.19. The van der Waals surface area contributed by atoms with Crippen molar-refractivity contribution in [2.45, 2.75) is 6.92 Å². The standard InChI is InChI=1S/C29H23BrN4O3S/c1-16-22(27(35)33-19-6-4-3-5-7-19)23(17-8-14-21(37-2)15-9-17)24-25(31)26(38-29(24)32-16)28(36)34-20-12-10-18(30)11-13-20/h3-15H,31H2,1-2H3,(H,33,35)(H,34,36). The molecule has 7 nitrogen and oxygen atoms in total. The predicted molar refractivity (Wildman–Crippen MR) is 157 cm³/mol. The molecule has 2 aromatic heterocycles. The van der Waals surface area contributed by atoms with Gasteiger partial charge in [0.2, 0.25) is 0 Å². The summed E-state index contributed by atoms with van der Waals surface area (Å²) >= 11 is 4.59. The zero-order valence-corrected chi connectivity index (χ0v) is 22.9. The van der Waals surface area contributed by atoms with Gasteiger partial charge in [0.25, 0.3) is 11.8 Å². The lowest BCUT2D eigenvalue weighted by molar-refractivity contribution is 0.102. The molecule has 0 saturated carbocycles. The maximum Gasteiger partial charge on any atom is 0.267 e. The zero-order valence-electron chi connectivity index (χ0n) is 20.5. The number of ether oxygens (including phenoxy) is 1. The topological polar surface area (TPSA) is 106 Å². The number of nitrogens with one attached hydrogen (secondary N) is 2. The van der Waals surface area contributed by atoms with Gasteiger partial charge in [0.15, 0.2) is 0 Å². The normalized spacial score (nSPS) is 10.8. The van der Waals surface area contributed by atoms with Gasteiger partial charge >= 0.3 is 0 Å². The average Bonchev–Trinajstić information content (AvgIpc) is 3.25. The number of halogens is 1. The first-order valence-corrected chi connectivity index (χ1v) is 13.3. The lowest BCUT2D eigenvalue weighted by atomic mass is 9.94. The smallest absolute Gasteiger partial charge is 0.267 e. The van der Waals surface area contributed by atoms with Gasteiger partial charge in [0.1, 0.15) is 15.5 Å². The third-order valence-electron chi connectivity index (χ3n) is 6.00. The van der Waals surface area contributed by atoms with Crippen molar-refractivity contribution in [2.75, 3.05) is 23.5 Å². The van der Waals surface area contributed by atoms with Crippen molar-refractivity contribution >= 4 is 66.4 Å². The third kappa shape index (κ3) is 4.98. The average molecular weight is 587 g/mol. The molecule has 2 amide bonds. The van der Waals surface area contributed by atoms with Gasteiger partial charge in [-0.15, -0.1) is 11.3 Å². The third-order valence-corrected chi connectivity index (χ3v) is 7.63. The number of hydrogen-bond acceptors (Lipinski definition) is 6. The van der Waals surface area contributed by atoms with Gasteiger partial charge in [-0.1, -0.05) is 46.3 Å². The lowest BCUT2D eigenvalue weighted by Crippen LogP contribution is -2.16. The lowest BCUT2D eigenvalue weighted by Gasteiger charge is -2.15. The summed E-state index contributed by atoms with van der Waals surface area (Å²) in [5.74, 6) is 0.0146. The number of hydrogen-bond donors (Lipinski definition) is 3. The first kappa shape index (κ1) is 25.4. The van der Waals surface area contributed by atoms with Gasteiger partial charge in [0.05, 0.1) is 24.1 Å². The Morgan fingerprint density at radius 1 is 0.895 bits per heavy atom. The number of para-hydroxylation sites is 1. The van der Waals surface area contributed by atoms with E-state index in [1.165, 1.54) is 11.3 Å². The van der Waals surface area contributed by atoms with Crippen molar-refractivity contribution in [2.24, 2.45) is 0 Å². The Kier molecular flexibility index (Phi) is 7.13. The van der Waals surface area contributed by atoms with E-state index in [1.54, 1.807) is 26.2 Å². The Bertz CT molecular complexity index is 1650. The highest BCUT2D eigenvalue weighted by atomic mass is 79.9. The molecule has 38 heavy (non-hydrogen) atoms. The van der Waals surface area contributed by atoms with E-state index < -0.39 is 0 Å². The highest BCUT2D eigenvalue weighted by Crippen LogP contribution is 2.43. The zero-order chi connectivity index (χ0) is 26.8. The first-order valence-electron chi connectivity index (χ1n) is 11.7. The SMILES string of the molecule is COc1ccc(-c2c(C(=O)Nc3ccccc3)c(C)nc3sc(C(=O)Nc4ccc(Br)cc4)c(N)c23)cc1. The monoisotopic (exact) mass is 586 g/mol. The first-order chi connectivity index (χ1) is 18.4. The number of methoxy groups -OCH3 is 1. The van der Waals surface area contributed by atoms with Crippen LogP contribution in [-0.2, 0) is 0 Å². The number of nitrogens with two attached hydrogens (primary N) is 1. The van der Waals surface area contributed by atoms with Crippen LogP contribution in [-0.4, -0.2) is 23.9 Å². The van der Waals surface area contributed by atoms with E-state index in [0.717, 1.165) is 10.0 Å². The number of thiophene rings is 1. The fraction of sp³-hybridized carbons (Fsp3) is 0.0690. The molecule has 0 aliphatic carbocycles. The van der Waals surface area contributed by atoms with Crippen LogP contribution in [0.15, 0.2) is 83.3 Å². The summed E-state index contributed by atoms with van der Waals surface area (Å²) in [6, 6.07) is 23.8. The van der Waals surface area contributed by atoms with Crippen LogP contribution in [0.3, 0.4) is 0 Å². The number of carbonyl (C=O) groups is 2. The van der Waals surface area contributed by atoms with Crippen molar-refractivity contribution in [3.05, 3.63) is 99.5 Å². The molecule has 0 atom stereocenters. The number of benzene rings is 3. The van der Waals surface area contributed by atoms with E-state index in [-0.39, 0.29) is 17.5 Å². The number of nitrogen functional groups attached to an aromatic ring is 1. The van der Waals surface area contributed by atoms with Crippen LogP contribution in [0.5, 0.6) is 5.75 Å². The molecule has 0 spiro atoms. The number of pyridine rings is 1. The van der Waals surface area contributed by atoms with Crippen molar-refractivity contribution in [3.8, 4) is 16.9 Å². The van der Waals surface area contributed by atoms with Gasteiger partial charge in [-0.05, 0) is 61.0 Å². The number of aromatic nitrogens is 1. The maximum atomic E-state index is 13.6. The van der Waals surface area contributed by atoms with E-state index in [4.69, 9.17) is 15.5 Å². The summed E-state index contributed by atoms with van der Waals surface area (Å²) in [4.78, 5) is 32.5. The number of fused-ring (bicyclic) bond motifs is 1. The molecule has 0 saturated heterocycles. The molecule has 4 N–H and O–H groups in total. The Morgan fingerprint density at radius 3 is 2.18 bits per heavy atom. The minimum absolute atomic E-state index is 0.270. The molecule has 190 valence electrons. The van der Waals surface area contributed by atoms with E-state index >= 15 is 0 Å². The minimum Gasteiger partial charge on any atom is -0.497 e. The predicted octanol–water partition coefficient (Wildman–Crippen LogP) is 7.13. The molecule has 0 aliphatic heterocycles. The van der Waals surface area contributed by atoms with Crippen LogP contribution in [0.1, 0.15) is 25.7 Å². The van der Waals surface area contributed by atoms with Crippen LogP contribution in [0.2, 0.25) is 0 Å².